The predicted molar refractivity (Wildman–Crippen MR) is 112 cm³/mol. The van der Waals surface area contributed by atoms with Crippen LogP contribution in [0.5, 0.6) is 0 Å². The highest BCUT2D eigenvalue weighted by atomic mass is 16.5. The molecule has 3 rings (SSSR count). The lowest BCUT2D eigenvalue weighted by atomic mass is 9.97. The number of hydrogen-bond acceptors (Lipinski definition) is 6. The van der Waals surface area contributed by atoms with Gasteiger partial charge in [-0.3, -0.25) is 0 Å². The lowest BCUT2D eigenvalue weighted by Gasteiger charge is -2.31. The van der Waals surface area contributed by atoms with Crippen molar-refractivity contribution in [2.75, 3.05) is 23.9 Å². The van der Waals surface area contributed by atoms with Gasteiger partial charge in [0.05, 0.1) is 12.7 Å². The van der Waals surface area contributed by atoms with E-state index in [2.05, 4.69) is 37.9 Å². The standard InChI is InChI=1S/C22H30N4O2/c1-6-15(4)23-19-12-20(25-21(24-19)14(2)3)26-10-9-16-11-17(22(27)28-5)7-8-18(16)13-26/h7-8,11-12,14-15H,6,9-10,13H2,1-5H3,(H,23,24,25)/t15-/m1/s1. The van der Waals surface area contributed by atoms with E-state index >= 15 is 0 Å². The molecular formula is C22H30N4O2. The SMILES string of the molecule is CC[C@@H](C)Nc1cc(N2CCc3cc(C(=O)OC)ccc3C2)nc(C(C)C)n1. The van der Waals surface area contributed by atoms with Crippen molar-refractivity contribution in [2.45, 2.75) is 59.0 Å². The molecular weight excluding hydrogens is 352 g/mol. The van der Waals surface area contributed by atoms with Crippen LogP contribution in [0.1, 0.15) is 67.3 Å². The molecule has 0 saturated heterocycles. The van der Waals surface area contributed by atoms with Crippen LogP contribution in [0, 0.1) is 0 Å². The summed E-state index contributed by atoms with van der Waals surface area (Å²) in [5.74, 6) is 2.66. The average Bonchev–Trinajstić information content (AvgIpc) is 2.71. The van der Waals surface area contributed by atoms with Crippen LogP contribution in [0.3, 0.4) is 0 Å². The van der Waals surface area contributed by atoms with Gasteiger partial charge in [-0.1, -0.05) is 26.8 Å². The largest absolute Gasteiger partial charge is 0.465 e. The molecule has 1 N–H and O–H groups in total. The molecule has 1 aromatic heterocycles. The number of rotatable bonds is 6. The third-order valence-corrected chi connectivity index (χ3v) is 5.22. The Kier molecular flexibility index (Phi) is 6.17. The number of carbonyl (C=O) groups excluding carboxylic acids is 1. The molecule has 0 unspecified atom stereocenters. The second-order valence-electron chi connectivity index (χ2n) is 7.72. The van der Waals surface area contributed by atoms with E-state index in [1.807, 2.05) is 24.3 Å². The van der Waals surface area contributed by atoms with Crippen molar-refractivity contribution in [3.8, 4) is 0 Å². The number of esters is 1. The summed E-state index contributed by atoms with van der Waals surface area (Å²) in [5, 5.41) is 3.48. The molecule has 1 aromatic carbocycles. The Morgan fingerprint density at radius 3 is 2.68 bits per heavy atom. The van der Waals surface area contributed by atoms with E-state index in [-0.39, 0.29) is 11.9 Å². The zero-order valence-electron chi connectivity index (χ0n) is 17.5. The smallest absolute Gasteiger partial charge is 0.337 e. The van der Waals surface area contributed by atoms with Crippen molar-refractivity contribution < 1.29 is 9.53 Å². The second-order valence-corrected chi connectivity index (χ2v) is 7.72. The van der Waals surface area contributed by atoms with Crippen LogP contribution in [-0.2, 0) is 17.7 Å². The van der Waals surface area contributed by atoms with Crippen LogP contribution in [0.4, 0.5) is 11.6 Å². The third kappa shape index (κ3) is 4.43. The van der Waals surface area contributed by atoms with Crippen LogP contribution in [0.15, 0.2) is 24.3 Å². The summed E-state index contributed by atoms with van der Waals surface area (Å²) in [4.78, 5) is 23.6. The molecule has 0 bridgehead atoms. The molecule has 2 aromatic rings. The third-order valence-electron chi connectivity index (χ3n) is 5.22. The van der Waals surface area contributed by atoms with Gasteiger partial charge in [0, 0.05) is 31.1 Å². The van der Waals surface area contributed by atoms with E-state index in [0.29, 0.717) is 11.6 Å². The van der Waals surface area contributed by atoms with Gasteiger partial charge in [0.15, 0.2) is 0 Å². The van der Waals surface area contributed by atoms with Crippen LogP contribution >= 0.6 is 0 Å². The fourth-order valence-corrected chi connectivity index (χ4v) is 3.29. The van der Waals surface area contributed by atoms with Gasteiger partial charge in [-0.25, -0.2) is 14.8 Å². The first-order valence-electron chi connectivity index (χ1n) is 10.0. The maximum absolute atomic E-state index is 11.8. The monoisotopic (exact) mass is 382 g/mol. The van der Waals surface area contributed by atoms with Crippen molar-refractivity contribution in [3.63, 3.8) is 0 Å². The minimum atomic E-state index is -0.289. The first-order chi connectivity index (χ1) is 13.4. The molecule has 6 nitrogen and oxygen atoms in total. The molecule has 28 heavy (non-hydrogen) atoms. The van der Waals surface area contributed by atoms with E-state index < -0.39 is 0 Å². The number of hydrogen-bond donors (Lipinski definition) is 1. The molecule has 1 atom stereocenters. The van der Waals surface area contributed by atoms with Crippen molar-refractivity contribution in [3.05, 3.63) is 46.8 Å². The molecule has 0 aliphatic carbocycles. The quantitative estimate of drug-likeness (QED) is 0.757. The van der Waals surface area contributed by atoms with Gasteiger partial charge < -0.3 is 15.0 Å². The number of nitrogens with one attached hydrogen (secondary N) is 1. The van der Waals surface area contributed by atoms with Crippen LogP contribution in [0.25, 0.3) is 0 Å². The first-order valence-corrected chi connectivity index (χ1v) is 10.0. The van der Waals surface area contributed by atoms with E-state index in [9.17, 15) is 4.79 Å². The zero-order valence-corrected chi connectivity index (χ0v) is 17.5. The van der Waals surface area contributed by atoms with Crippen LogP contribution in [-0.4, -0.2) is 35.6 Å². The Bertz CT molecular complexity index is 850. The summed E-state index contributed by atoms with van der Waals surface area (Å²) >= 11 is 0. The Morgan fingerprint density at radius 2 is 2.00 bits per heavy atom. The summed E-state index contributed by atoms with van der Waals surface area (Å²) in [7, 11) is 1.41. The molecule has 6 heteroatoms. The van der Waals surface area contributed by atoms with Crippen LogP contribution in [0.2, 0.25) is 0 Å². The molecule has 0 fully saturated rings. The minimum Gasteiger partial charge on any atom is -0.465 e. The molecule has 150 valence electrons. The first kappa shape index (κ1) is 20.1. The zero-order chi connectivity index (χ0) is 20.3. The molecule has 0 spiro atoms. The van der Waals surface area contributed by atoms with E-state index in [1.54, 1.807) is 0 Å². The normalized spacial score (nSPS) is 14.6. The topological polar surface area (TPSA) is 67.4 Å². The van der Waals surface area contributed by atoms with E-state index in [4.69, 9.17) is 14.7 Å². The fourth-order valence-electron chi connectivity index (χ4n) is 3.29. The van der Waals surface area contributed by atoms with E-state index in [1.165, 1.54) is 18.2 Å². The van der Waals surface area contributed by atoms with E-state index in [0.717, 1.165) is 43.4 Å². The lowest BCUT2D eigenvalue weighted by Crippen LogP contribution is -2.32. The molecule has 0 amide bonds. The maximum Gasteiger partial charge on any atom is 0.337 e. The van der Waals surface area contributed by atoms with Gasteiger partial charge in [-0.15, -0.1) is 0 Å². The Balaban J connectivity index is 1.87. The summed E-state index contributed by atoms with van der Waals surface area (Å²) in [6.45, 7) is 10.2. The number of anilines is 2. The van der Waals surface area contributed by atoms with Crippen molar-refractivity contribution in [1.82, 2.24) is 9.97 Å². The number of aromatic nitrogens is 2. The summed E-state index contributed by atoms with van der Waals surface area (Å²) in [5.41, 5.74) is 3.04. The highest BCUT2D eigenvalue weighted by molar-refractivity contribution is 5.89. The van der Waals surface area contributed by atoms with Crippen LogP contribution < -0.4 is 10.2 Å². The highest BCUT2D eigenvalue weighted by Gasteiger charge is 2.21. The van der Waals surface area contributed by atoms with Gasteiger partial charge in [-0.05, 0) is 43.0 Å². The van der Waals surface area contributed by atoms with Gasteiger partial charge in [0.2, 0.25) is 0 Å². The fraction of sp³-hybridized carbons (Fsp3) is 0.500. The van der Waals surface area contributed by atoms with Gasteiger partial charge in [0.1, 0.15) is 17.5 Å². The molecule has 1 aliphatic heterocycles. The summed E-state index contributed by atoms with van der Waals surface area (Å²) in [6, 6.07) is 8.22. The number of carbonyl (C=O) groups is 1. The van der Waals surface area contributed by atoms with Gasteiger partial charge >= 0.3 is 5.97 Å². The second kappa shape index (κ2) is 8.59. The van der Waals surface area contributed by atoms with Gasteiger partial charge in [0.25, 0.3) is 0 Å². The average molecular weight is 383 g/mol. The minimum absolute atomic E-state index is 0.261. The van der Waals surface area contributed by atoms with Crippen molar-refractivity contribution in [2.24, 2.45) is 0 Å². The Morgan fingerprint density at radius 1 is 1.21 bits per heavy atom. The summed E-state index contributed by atoms with van der Waals surface area (Å²) in [6.07, 6.45) is 1.91. The number of ether oxygens (including phenoxy) is 1. The molecule has 2 heterocycles. The Labute approximate surface area is 167 Å². The molecule has 0 saturated carbocycles. The predicted octanol–water partition coefficient (Wildman–Crippen LogP) is 4.16. The highest BCUT2D eigenvalue weighted by Crippen LogP contribution is 2.27. The Hall–Kier alpha value is -2.63. The maximum atomic E-state index is 11.8. The number of nitrogens with zero attached hydrogens (tertiary/aromatic N) is 3. The summed E-state index contributed by atoms with van der Waals surface area (Å²) < 4.78 is 4.83. The van der Waals surface area contributed by atoms with Gasteiger partial charge in [-0.2, -0.15) is 0 Å². The number of benzene rings is 1. The lowest BCUT2D eigenvalue weighted by molar-refractivity contribution is 0.0600. The molecule has 1 aliphatic rings. The number of methoxy groups -OCH3 is 1. The number of fused-ring (bicyclic) bond motifs is 1. The van der Waals surface area contributed by atoms with Crippen molar-refractivity contribution in [1.29, 1.82) is 0 Å². The van der Waals surface area contributed by atoms with Crippen molar-refractivity contribution >= 4 is 17.6 Å². The molecule has 0 radical (unpaired) electrons.